The van der Waals surface area contributed by atoms with Crippen molar-refractivity contribution in [1.29, 1.82) is 0 Å². The number of hydrogen-bond acceptors (Lipinski definition) is 3. The predicted molar refractivity (Wildman–Crippen MR) is 553 cm³/mol. The van der Waals surface area contributed by atoms with Gasteiger partial charge in [-0.1, -0.05) is 400 Å². The van der Waals surface area contributed by atoms with Gasteiger partial charge in [0.25, 0.3) is 0 Å². The maximum Gasteiger partial charge on any atom is 0.143 e. The highest BCUT2D eigenvalue weighted by molar-refractivity contribution is 6.20. The molecule has 0 unspecified atom stereocenters. The van der Waals surface area contributed by atoms with Crippen LogP contribution in [0.15, 0.2) is 373 Å². The summed E-state index contributed by atoms with van der Waals surface area (Å²) in [5, 5.41) is 4.54. The molecule has 132 heavy (non-hydrogen) atoms. The molecular weight excluding hydrogens is 1600 g/mol. The maximum absolute atomic E-state index is 7.25. The molecule has 3 nitrogen and oxygen atoms in total. The molecule has 19 aromatic rings. The molecule has 0 bridgehead atoms. The van der Waals surface area contributed by atoms with Crippen LogP contribution in [0, 0.1) is 0 Å². The fraction of sp³-hybridized carbons (Fsp3) is 0.209. The van der Waals surface area contributed by atoms with E-state index in [1.165, 1.54) is 227 Å². The summed E-state index contributed by atoms with van der Waals surface area (Å²) in [5.41, 5.74) is 44.4. The van der Waals surface area contributed by atoms with E-state index < -0.39 is 16.2 Å². The number of furan rings is 2. The van der Waals surface area contributed by atoms with Crippen LogP contribution in [0.1, 0.15) is 223 Å². The average Bonchev–Trinajstić information content (AvgIpc) is 1.50. The Bertz CT molecular complexity index is 7710. The molecule has 17 aromatic carbocycles. The highest BCUT2D eigenvalue weighted by atomic mass is 16.3. The Morgan fingerprint density at radius 3 is 1.24 bits per heavy atom. The van der Waals surface area contributed by atoms with Crippen molar-refractivity contribution in [2.75, 3.05) is 4.90 Å². The second kappa shape index (κ2) is 31.2. The van der Waals surface area contributed by atoms with Crippen molar-refractivity contribution >= 4 is 60.9 Å². The molecule has 0 N–H and O–H groups in total. The Morgan fingerprint density at radius 2 is 0.659 bits per heavy atom. The first-order valence-electron chi connectivity index (χ1n) is 48.7. The van der Waals surface area contributed by atoms with E-state index in [4.69, 9.17) is 8.83 Å². The molecule has 0 radical (unpaired) electrons. The fourth-order valence-electron chi connectivity index (χ4n) is 25.2. The summed E-state index contributed by atoms with van der Waals surface area (Å²) < 4.78 is 14.1. The lowest BCUT2D eigenvalue weighted by molar-refractivity contribution is 0.399. The number of rotatable bonds is 22. The van der Waals surface area contributed by atoms with Gasteiger partial charge in [0, 0.05) is 60.4 Å². The van der Waals surface area contributed by atoms with E-state index in [0.717, 1.165) is 72.1 Å². The lowest BCUT2D eigenvalue weighted by atomic mass is 9.66. The minimum Gasteiger partial charge on any atom is -0.456 e. The van der Waals surface area contributed by atoms with E-state index in [2.05, 4.69) is 431 Å². The van der Waals surface area contributed by atoms with E-state index in [0.29, 0.717) is 0 Å². The monoisotopic (exact) mass is 1710 g/mol. The van der Waals surface area contributed by atoms with Gasteiger partial charge in [-0.2, -0.15) is 0 Å². The van der Waals surface area contributed by atoms with Gasteiger partial charge in [0.2, 0.25) is 0 Å². The number of anilines is 3. The van der Waals surface area contributed by atoms with Crippen LogP contribution in [0.4, 0.5) is 17.1 Å². The molecule has 0 atom stereocenters. The van der Waals surface area contributed by atoms with E-state index in [-0.39, 0.29) is 16.2 Å². The Morgan fingerprint density at radius 1 is 0.258 bits per heavy atom. The van der Waals surface area contributed by atoms with E-state index in [1.807, 2.05) is 0 Å². The van der Waals surface area contributed by atoms with Crippen LogP contribution in [0.3, 0.4) is 0 Å². The SMILES string of the molecule is CCCCCCCC1(CCCCCCC)c2ccccc2-c2ccc(-c3ccc4c(c3)C(C)(C)c3cc(-c5ccc(-c6cc7c(c8c6oc6ccccc68)-c6ccc(N(c8ccc(C(C)(C)C)cc8)c8ccc9c(c8)C(c8ccccc8)(c8ccccc8)c8cc%10c(cc8-9)C(c8ccccc8)(c8ccccc8)c8ccc9oc%11ccccc%11c9c8-%10)cc6C7(C)C)cc5)ccc3-4)cc21. The molecule has 5 aliphatic carbocycles. The third-order valence-corrected chi connectivity index (χ3v) is 31.7. The molecule has 2 aromatic heterocycles. The van der Waals surface area contributed by atoms with Gasteiger partial charge in [-0.15, -0.1) is 0 Å². The molecule has 0 saturated carbocycles. The van der Waals surface area contributed by atoms with Gasteiger partial charge >= 0.3 is 0 Å². The van der Waals surface area contributed by atoms with Gasteiger partial charge < -0.3 is 13.7 Å². The average molecular weight is 1710 g/mol. The summed E-state index contributed by atoms with van der Waals surface area (Å²) in [6.07, 6.45) is 15.4. The third kappa shape index (κ3) is 12.2. The van der Waals surface area contributed by atoms with E-state index in [1.54, 1.807) is 11.1 Å². The van der Waals surface area contributed by atoms with Gasteiger partial charge in [-0.25, -0.2) is 0 Å². The quantitative estimate of drug-likeness (QED) is 0.0634. The van der Waals surface area contributed by atoms with Gasteiger partial charge in [0.15, 0.2) is 0 Å². The fourth-order valence-corrected chi connectivity index (χ4v) is 25.2. The van der Waals surface area contributed by atoms with Crippen molar-refractivity contribution in [1.82, 2.24) is 0 Å². The second-order valence-corrected chi connectivity index (χ2v) is 40.7. The first kappa shape index (κ1) is 81.4. The molecule has 5 aliphatic rings. The number of benzene rings is 17. The lowest BCUT2D eigenvalue weighted by Crippen LogP contribution is -2.30. The van der Waals surface area contributed by atoms with Crippen LogP contribution in [0.2, 0.25) is 0 Å². The number of hydrogen-bond donors (Lipinski definition) is 0. The zero-order valence-corrected chi connectivity index (χ0v) is 77.4. The summed E-state index contributed by atoms with van der Waals surface area (Å²) in [5.74, 6) is 0. The molecular formula is C129H111NO2. The zero-order chi connectivity index (χ0) is 89.2. The van der Waals surface area contributed by atoms with Crippen LogP contribution in [-0.4, -0.2) is 0 Å². The first-order valence-corrected chi connectivity index (χ1v) is 48.7. The normalized spacial score (nSPS) is 14.9. The van der Waals surface area contributed by atoms with Crippen molar-refractivity contribution in [2.45, 2.75) is 172 Å². The minimum atomic E-state index is -0.790. The second-order valence-electron chi connectivity index (χ2n) is 40.7. The summed E-state index contributed by atoms with van der Waals surface area (Å²) in [4.78, 5) is 2.54. The molecule has 0 aliphatic heterocycles. The third-order valence-electron chi connectivity index (χ3n) is 31.7. The molecule has 2 heterocycles. The van der Waals surface area contributed by atoms with Crippen LogP contribution < -0.4 is 4.90 Å². The van der Waals surface area contributed by atoms with Gasteiger partial charge in [0.05, 0.1) is 10.8 Å². The zero-order valence-electron chi connectivity index (χ0n) is 77.4. The number of para-hydroxylation sites is 2. The van der Waals surface area contributed by atoms with E-state index in [9.17, 15) is 0 Å². The molecule has 0 fully saturated rings. The van der Waals surface area contributed by atoms with Crippen LogP contribution >= 0.6 is 0 Å². The smallest absolute Gasteiger partial charge is 0.143 e. The minimum absolute atomic E-state index is 0.0314. The Balaban J connectivity index is 0.607. The van der Waals surface area contributed by atoms with Gasteiger partial charge in [0.1, 0.15) is 22.3 Å². The van der Waals surface area contributed by atoms with Crippen molar-refractivity contribution < 1.29 is 8.83 Å². The highest BCUT2D eigenvalue weighted by Crippen LogP contribution is 2.67. The Hall–Kier alpha value is -13.9. The first-order chi connectivity index (χ1) is 64.5. The maximum atomic E-state index is 7.25. The number of unbranched alkanes of at least 4 members (excludes halogenated alkanes) is 8. The van der Waals surface area contributed by atoms with E-state index >= 15 is 0 Å². The van der Waals surface area contributed by atoms with Gasteiger partial charge in [-0.3, -0.25) is 0 Å². The molecule has 3 heteroatoms. The Kier molecular flexibility index (Phi) is 19.2. The van der Waals surface area contributed by atoms with Crippen LogP contribution in [-0.2, 0) is 32.5 Å². The molecule has 644 valence electrons. The summed E-state index contributed by atoms with van der Waals surface area (Å²) in [6.45, 7) is 21.4. The summed E-state index contributed by atoms with van der Waals surface area (Å²) in [6, 6.07) is 140. The molecule has 24 rings (SSSR count). The van der Waals surface area contributed by atoms with Crippen molar-refractivity contribution in [3.63, 3.8) is 0 Å². The standard InChI is InChI=1S/C129H111NO2/c1-10-12-14-16-36-72-127(73-37-17-15-13-11-2)106-49-33-30-46-95(106)98-67-58-86(76-111(98)127)85-57-66-97-96-65-56-84(74-108(96)125(6,7)109(97)75-85)82-52-54-83(55-53-82)103-79-115-119(122-102-48-32-35-51-117(102)132-123(103)122)100-69-64-93(77-110(100)126(115,8)9)130(92-61-59-87(60-62-92)124(3,4)5)94-63-68-99-104-80-114-105(81-113(104)129(112(99)78-94,90-42-26-20-27-43-90)91-44-28-21-29-45-91)120-107(70-71-118-121(120)101-47-31-34-50-116(101)131-118)128(114,88-38-22-18-23-39-88)89-40-24-19-25-41-89/h18-35,38-71,74-81H,10-17,36-37,72-73H2,1-9H3. The lowest BCUT2D eigenvalue weighted by Gasteiger charge is -2.36. The predicted octanol–water partition coefficient (Wildman–Crippen LogP) is 35.6. The Labute approximate surface area is 777 Å². The number of fused-ring (bicyclic) bond motifs is 23. The highest BCUT2D eigenvalue weighted by Gasteiger charge is 2.53. The number of nitrogens with zero attached hydrogens (tertiary/aromatic N) is 1. The summed E-state index contributed by atoms with van der Waals surface area (Å²) >= 11 is 0. The van der Waals surface area contributed by atoms with Crippen LogP contribution in [0.5, 0.6) is 0 Å². The van der Waals surface area contributed by atoms with Crippen molar-refractivity contribution in [2.24, 2.45) is 0 Å². The topological polar surface area (TPSA) is 29.5 Å². The molecule has 0 spiro atoms. The van der Waals surface area contributed by atoms with Crippen molar-refractivity contribution in [3.8, 4) is 89.0 Å². The largest absolute Gasteiger partial charge is 0.456 e. The summed E-state index contributed by atoms with van der Waals surface area (Å²) in [7, 11) is 0. The van der Waals surface area contributed by atoms with Gasteiger partial charge in [-0.05, 0) is 276 Å². The van der Waals surface area contributed by atoms with Crippen LogP contribution in [0.25, 0.3) is 133 Å². The molecule has 0 amide bonds. The molecule has 0 saturated heterocycles. The van der Waals surface area contributed by atoms with Crippen molar-refractivity contribution in [3.05, 3.63) is 447 Å².